The molecule has 0 saturated heterocycles. The van der Waals surface area contributed by atoms with E-state index in [4.69, 9.17) is 15.9 Å². The minimum Gasteiger partial charge on any atom is -0.444 e. The van der Waals surface area contributed by atoms with Gasteiger partial charge in [0.25, 0.3) is 0 Å². The number of urea groups is 1. The van der Waals surface area contributed by atoms with Gasteiger partial charge in [0.15, 0.2) is 0 Å². The van der Waals surface area contributed by atoms with Crippen molar-refractivity contribution >= 4 is 72.1 Å². The molecule has 46 heavy (non-hydrogen) atoms. The Bertz CT molecular complexity index is 1850. The van der Waals surface area contributed by atoms with Crippen LogP contribution in [0.5, 0.6) is 0 Å². The highest BCUT2D eigenvalue weighted by molar-refractivity contribution is 8.01. The fraction of sp³-hybridized carbons (Fsp3) is 0.367. The smallest absolute Gasteiger partial charge is 0.413 e. The number of nitrogens with one attached hydrogen (secondary N) is 4. The van der Waals surface area contributed by atoms with Crippen molar-refractivity contribution < 1.29 is 31.2 Å². The van der Waals surface area contributed by atoms with E-state index in [-0.39, 0.29) is 32.8 Å². The predicted molar refractivity (Wildman–Crippen MR) is 185 cm³/mol. The van der Waals surface area contributed by atoms with E-state index in [1.54, 1.807) is 58.2 Å². The van der Waals surface area contributed by atoms with E-state index in [2.05, 4.69) is 16.0 Å². The number of amidine groups is 1. The number of thiophene rings is 1. The van der Waals surface area contributed by atoms with Gasteiger partial charge in [-0.3, -0.25) is 10.7 Å². The fourth-order valence-electron chi connectivity index (χ4n) is 4.38. The molecule has 250 valence electrons. The second-order valence-corrected chi connectivity index (χ2v) is 17.8. The Balaban J connectivity index is 1.90. The number of nitrogens with two attached hydrogens (primary N) is 1. The number of anilines is 2. The van der Waals surface area contributed by atoms with Crippen molar-refractivity contribution in [1.29, 1.82) is 5.41 Å². The summed E-state index contributed by atoms with van der Waals surface area (Å²) in [5, 5.41) is 16.2. The Hall–Kier alpha value is -3.60. The number of nitrogen functional groups attached to an aromatic ring is 1. The number of ether oxygens (including phenoxy) is 1. The van der Waals surface area contributed by atoms with Gasteiger partial charge in [0.05, 0.1) is 24.6 Å². The zero-order valence-electron chi connectivity index (χ0n) is 26.4. The third-order valence-corrected chi connectivity index (χ3v) is 11.6. The van der Waals surface area contributed by atoms with Crippen LogP contribution in [0.25, 0.3) is 11.1 Å². The summed E-state index contributed by atoms with van der Waals surface area (Å²) >= 11 is 2.27. The van der Waals surface area contributed by atoms with Crippen molar-refractivity contribution in [2.24, 2.45) is 0 Å². The monoisotopic (exact) mass is 709 g/mol. The number of carbonyl (C=O) groups excluding carboxylic acids is 2. The number of hydrogen-bond acceptors (Lipinski definition) is 11. The van der Waals surface area contributed by atoms with Gasteiger partial charge in [-0.15, -0.1) is 23.1 Å². The van der Waals surface area contributed by atoms with E-state index in [0.717, 1.165) is 17.6 Å². The lowest BCUT2D eigenvalue weighted by molar-refractivity contribution is 0.0563. The van der Waals surface area contributed by atoms with E-state index < -0.39 is 37.4 Å². The van der Waals surface area contributed by atoms with Crippen LogP contribution < -0.4 is 21.7 Å². The molecule has 1 heterocycles. The number of carbonyl (C=O) groups is 2. The first kappa shape index (κ1) is 36.9. The quantitative estimate of drug-likeness (QED) is 0.0549. The van der Waals surface area contributed by atoms with Gasteiger partial charge < -0.3 is 21.1 Å². The van der Waals surface area contributed by atoms with Crippen LogP contribution in [0, 0.1) is 12.3 Å². The zero-order valence-corrected chi connectivity index (χ0v) is 29.7. The first-order valence-electron chi connectivity index (χ1n) is 14.1. The van der Waals surface area contributed by atoms with E-state index >= 15 is 0 Å². The van der Waals surface area contributed by atoms with Crippen molar-refractivity contribution in [3.8, 4) is 11.1 Å². The van der Waals surface area contributed by atoms with Crippen LogP contribution in [0.3, 0.4) is 0 Å². The second-order valence-electron chi connectivity index (χ2n) is 11.5. The average molecular weight is 710 g/mol. The zero-order chi connectivity index (χ0) is 34.4. The summed E-state index contributed by atoms with van der Waals surface area (Å²) in [6.45, 7) is 7.13. The number of unbranched alkanes of at least 4 members (excludes halogenated alkanes) is 1. The first-order chi connectivity index (χ1) is 21.3. The number of sulfone groups is 2. The highest BCUT2D eigenvalue weighted by Gasteiger charge is 2.27. The summed E-state index contributed by atoms with van der Waals surface area (Å²) in [4.78, 5) is 25.2. The van der Waals surface area contributed by atoms with Crippen LogP contribution in [0.2, 0.25) is 0 Å². The Kier molecular flexibility index (Phi) is 11.9. The molecule has 3 aromatic rings. The van der Waals surface area contributed by atoms with Crippen molar-refractivity contribution in [3.63, 3.8) is 0 Å². The van der Waals surface area contributed by atoms with Gasteiger partial charge >= 0.3 is 12.1 Å². The summed E-state index contributed by atoms with van der Waals surface area (Å²) in [5.41, 5.74) is 7.85. The van der Waals surface area contributed by atoms with Crippen LogP contribution >= 0.6 is 23.1 Å². The molecule has 0 bridgehead atoms. The lowest BCUT2D eigenvalue weighted by Crippen LogP contribution is -2.36. The molecule has 0 spiro atoms. The molecular formula is C30H39N5O7S4. The topological polar surface area (TPSA) is 198 Å². The second kappa shape index (κ2) is 14.9. The minimum absolute atomic E-state index is 0.00415. The maximum absolute atomic E-state index is 14.0. The fourth-order valence-corrected chi connectivity index (χ4v) is 9.05. The number of alkyl carbamates (subject to hydrolysis) is 1. The van der Waals surface area contributed by atoms with Crippen LogP contribution in [0.4, 0.5) is 21.0 Å². The van der Waals surface area contributed by atoms with Crippen LogP contribution in [-0.2, 0) is 24.4 Å². The normalized spacial score (nSPS) is 12.0. The summed E-state index contributed by atoms with van der Waals surface area (Å²) < 4.78 is 56.2. The van der Waals surface area contributed by atoms with Gasteiger partial charge in [-0.25, -0.2) is 26.4 Å². The Labute approximate surface area is 278 Å². The highest BCUT2D eigenvalue weighted by atomic mass is 32.2. The molecule has 16 heteroatoms. The maximum atomic E-state index is 14.0. The molecular weight excluding hydrogens is 671 g/mol. The minimum atomic E-state index is -4.09. The molecule has 0 fully saturated rings. The molecule has 0 aliphatic heterocycles. The van der Waals surface area contributed by atoms with Gasteiger partial charge in [0.1, 0.15) is 21.3 Å². The molecule has 0 aliphatic rings. The van der Waals surface area contributed by atoms with Gasteiger partial charge in [-0.05, 0) is 88.3 Å². The summed E-state index contributed by atoms with van der Waals surface area (Å²) in [6.07, 6.45) is 2.95. The van der Waals surface area contributed by atoms with Gasteiger partial charge in [0, 0.05) is 29.8 Å². The van der Waals surface area contributed by atoms with E-state index in [1.807, 2.05) is 0 Å². The first-order valence-corrected chi connectivity index (χ1v) is 19.6. The van der Waals surface area contributed by atoms with Crippen LogP contribution in [0.15, 0.2) is 56.5 Å². The summed E-state index contributed by atoms with van der Waals surface area (Å²) in [6, 6.07) is 10.4. The van der Waals surface area contributed by atoms with Crippen molar-refractivity contribution in [2.45, 2.75) is 60.1 Å². The molecule has 1 aromatic heterocycles. The molecule has 0 radical (unpaired) electrons. The SMILES string of the molecule is CSc1sc(C(=N)NC(=O)OC(C)(C)C)cc1S(=O)(=O)c1cccc(-c2c(C)cc(N)cc2NC(=O)NCCCCS(C)(=O)=O)c1. The Morgan fingerprint density at radius 3 is 2.39 bits per heavy atom. The number of aryl methyl sites for hydroxylation is 1. The van der Waals surface area contributed by atoms with E-state index in [9.17, 15) is 26.4 Å². The number of hydrogen-bond donors (Lipinski definition) is 5. The maximum Gasteiger partial charge on any atom is 0.413 e. The van der Waals surface area contributed by atoms with Crippen molar-refractivity contribution in [2.75, 3.05) is 35.9 Å². The molecule has 3 amide bonds. The standard InChI is InChI=1S/C30H39N5O7S4/c1-18-14-20(31)16-22(34-28(36)33-12-7-8-13-45(6,38)39)25(18)19-10-9-11-21(15-19)46(40,41)24-17-23(44-27(24)43-5)26(32)35-29(37)42-30(2,3)4/h9-11,14-17H,7-8,12-13,31H2,1-6H3,(H2,32,35,37)(H2,33,34,36). The molecule has 2 aromatic carbocycles. The summed E-state index contributed by atoms with van der Waals surface area (Å²) in [5.74, 6) is -0.253. The Morgan fingerprint density at radius 2 is 1.76 bits per heavy atom. The number of thioether (sulfide) groups is 1. The van der Waals surface area contributed by atoms with E-state index in [1.165, 1.54) is 30.0 Å². The molecule has 3 rings (SSSR count). The van der Waals surface area contributed by atoms with Gasteiger partial charge in [-0.1, -0.05) is 12.1 Å². The number of rotatable bonds is 11. The molecule has 0 atom stereocenters. The number of benzene rings is 2. The van der Waals surface area contributed by atoms with Crippen molar-refractivity contribution in [1.82, 2.24) is 10.6 Å². The average Bonchev–Trinajstić information content (AvgIpc) is 3.37. The highest BCUT2D eigenvalue weighted by Crippen LogP contribution is 2.39. The lowest BCUT2D eigenvalue weighted by Gasteiger charge is -2.19. The number of amides is 3. The van der Waals surface area contributed by atoms with Crippen molar-refractivity contribution in [3.05, 3.63) is 52.9 Å². The van der Waals surface area contributed by atoms with Crippen LogP contribution in [-0.4, -0.2) is 65.2 Å². The molecule has 12 nitrogen and oxygen atoms in total. The molecule has 0 unspecified atom stereocenters. The third-order valence-electron chi connectivity index (χ3n) is 6.28. The Morgan fingerprint density at radius 1 is 1.07 bits per heavy atom. The molecule has 0 saturated carbocycles. The molecule has 0 aliphatic carbocycles. The third kappa shape index (κ3) is 10.2. The van der Waals surface area contributed by atoms with Gasteiger partial charge in [0.2, 0.25) is 9.84 Å². The van der Waals surface area contributed by atoms with E-state index in [0.29, 0.717) is 45.1 Å². The lowest BCUT2D eigenvalue weighted by atomic mass is 9.97. The largest absolute Gasteiger partial charge is 0.444 e. The molecule has 6 N–H and O–H groups in total. The van der Waals surface area contributed by atoms with Crippen LogP contribution in [0.1, 0.15) is 44.1 Å². The summed E-state index contributed by atoms with van der Waals surface area (Å²) in [7, 11) is -7.17. The van der Waals surface area contributed by atoms with Gasteiger partial charge in [-0.2, -0.15) is 0 Å². The predicted octanol–water partition coefficient (Wildman–Crippen LogP) is 5.66.